The Morgan fingerprint density at radius 1 is 1.33 bits per heavy atom. The third-order valence-electron chi connectivity index (χ3n) is 2.20. The van der Waals surface area contributed by atoms with Crippen molar-refractivity contribution < 1.29 is 14.6 Å². The lowest BCUT2D eigenvalue weighted by atomic mass is 10.1. The van der Waals surface area contributed by atoms with Crippen LogP contribution >= 0.6 is 0 Å². The van der Waals surface area contributed by atoms with Crippen LogP contribution in [0.1, 0.15) is 26.3 Å². The number of hydrogen-bond acceptors (Lipinski definition) is 3. The molecule has 1 unspecified atom stereocenters. The third-order valence-corrected chi connectivity index (χ3v) is 2.20. The number of aliphatic hydroxyl groups excluding tert-OH is 1. The second-order valence-corrected chi connectivity index (χ2v) is 5.23. The van der Waals surface area contributed by atoms with Crippen LogP contribution in [0.4, 0.5) is 4.79 Å². The molecule has 0 saturated carbocycles. The van der Waals surface area contributed by atoms with Gasteiger partial charge in [-0.3, -0.25) is 0 Å². The van der Waals surface area contributed by atoms with Crippen molar-refractivity contribution in [1.29, 1.82) is 0 Å². The molecule has 0 aromatic heterocycles. The van der Waals surface area contributed by atoms with Crippen LogP contribution in [-0.2, 0) is 11.2 Å². The minimum atomic E-state index is -0.611. The molecule has 1 aromatic rings. The molecule has 100 valence electrons. The summed E-state index contributed by atoms with van der Waals surface area (Å²) in [5, 5.41) is 12.3. The zero-order valence-electron chi connectivity index (χ0n) is 11.1. The van der Waals surface area contributed by atoms with Gasteiger partial charge in [-0.2, -0.15) is 0 Å². The summed E-state index contributed by atoms with van der Waals surface area (Å²) in [6, 6.07) is 9.65. The number of ether oxygens (including phenoxy) is 1. The molecule has 1 aromatic carbocycles. The molecule has 1 atom stereocenters. The van der Waals surface area contributed by atoms with E-state index in [1.165, 1.54) is 0 Å². The van der Waals surface area contributed by atoms with Crippen LogP contribution in [0.15, 0.2) is 30.3 Å². The molecule has 0 aliphatic heterocycles. The van der Waals surface area contributed by atoms with Gasteiger partial charge in [0.05, 0.1) is 6.10 Å². The molecule has 18 heavy (non-hydrogen) atoms. The predicted octanol–water partition coefficient (Wildman–Crippen LogP) is 2.11. The van der Waals surface area contributed by atoms with Crippen molar-refractivity contribution in [3.05, 3.63) is 35.9 Å². The van der Waals surface area contributed by atoms with Crippen molar-refractivity contribution >= 4 is 6.09 Å². The van der Waals surface area contributed by atoms with Gasteiger partial charge in [0.2, 0.25) is 0 Å². The fourth-order valence-corrected chi connectivity index (χ4v) is 1.47. The minimum Gasteiger partial charge on any atom is -0.444 e. The lowest BCUT2D eigenvalue weighted by Crippen LogP contribution is -2.37. The zero-order chi connectivity index (χ0) is 13.6. The first-order valence-electron chi connectivity index (χ1n) is 6.05. The van der Waals surface area contributed by atoms with Crippen molar-refractivity contribution in [3.8, 4) is 0 Å². The molecule has 1 amide bonds. The summed E-state index contributed by atoms with van der Waals surface area (Å²) in [5.74, 6) is 0. The summed E-state index contributed by atoms with van der Waals surface area (Å²) in [4.78, 5) is 11.4. The first kappa shape index (κ1) is 14.5. The van der Waals surface area contributed by atoms with E-state index in [0.717, 1.165) is 5.56 Å². The molecule has 0 saturated heterocycles. The summed E-state index contributed by atoms with van der Waals surface area (Å²) < 4.78 is 5.08. The van der Waals surface area contributed by atoms with E-state index in [2.05, 4.69) is 5.32 Å². The van der Waals surface area contributed by atoms with Crippen LogP contribution in [0.3, 0.4) is 0 Å². The first-order valence-corrected chi connectivity index (χ1v) is 6.05. The normalized spacial score (nSPS) is 12.9. The van der Waals surface area contributed by atoms with E-state index in [0.29, 0.717) is 6.42 Å². The maximum absolute atomic E-state index is 11.4. The van der Waals surface area contributed by atoms with Gasteiger partial charge >= 0.3 is 6.09 Å². The lowest BCUT2D eigenvalue weighted by molar-refractivity contribution is 0.0492. The van der Waals surface area contributed by atoms with Crippen molar-refractivity contribution in [3.63, 3.8) is 0 Å². The number of rotatable bonds is 4. The lowest BCUT2D eigenvalue weighted by Gasteiger charge is -2.20. The average Bonchev–Trinajstić information content (AvgIpc) is 2.25. The Bertz CT molecular complexity index is 370. The van der Waals surface area contributed by atoms with Gasteiger partial charge in [0.15, 0.2) is 0 Å². The van der Waals surface area contributed by atoms with Crippen LogP contribution in [0.2, 0.25) is 0 Å². The van der Waals surface area contributed by atoms with E-state index in [4.69, 9.17) is 4.74 Å². The number of carbonyl (C=O) groups excluding carboxylic acids is 1. The van der Waals surface area contributed by atoms with Crippen molar-refractivity contribution in [2.45, 2.75) is 38.9 Å². The molecule has 1 rings (SSSR count). The average molecular weight is 251 g/mol. The summed E-state index contributed by atoms with van der Waals surface area (Å²) in [7, 11) is 0. The molecule has 2 N–H and O–H groups in total. The standard InChI is InChI=1S/C14H21NO3/c1-14(2,3)18-13(17)15-10-12(16)9-11-7-5-4-6-8-11/h4-8,12,16H,9-10H2,1-3H3,(H,15,17). The fourth-order valence-electron chi connectivity index (χ4n) is 1.47. The van der Waals surface area contributed by atoms with Crippen LogP contribution in [0, 0.1) is 0 Å². The molecular formula is C14H21NO3. The number of benzene rings is 1. The van der Waals surface area contributed by atoms with Gasteiger partial charge in [-0.25, -0.2) is 4.79 Å². The fraction of sp³-hybridized carbons (Fsp3) is 0.500. The van der Waals surface area contributed by atoms with Crippen molar-refractivity contribution in [1.82, 2.24) is 5.32 Å². The Hall–Kier alpha value is -1.55. The Balaban J connectivity index is 2.29. The minimum absolute atomic E-state index is 0.184. The summed E-state index contributed by atoms with van der Waals surface area (Å²) in [5.41, 5.74) is 0.519. The zero-order valence-corrected chi connectivity index (χ0v) is 11.1. The topological polar surface area (TPSA) is 58.6 Å². The Labute approximate surface area is 108 Å². The maximum Gasteiger partial charge on any atom is 0.407 e. The molecular weight excluding hydrogens is 230 g/mol. The van der Waals surface area contributed by atoms with E-state index in [1.807, 2.05) is 30.3 Å². The molecule has 0 spiro atoms. The van der Waals surface area contributed by atoms with Crippen molar-refractivity contribution in [2.24, 2.45) is 0 Å². The molecule has 4 nitrogen and oxygen atoms in total. The molecule has 0 bridgehead atoms. The molecule has 0 aliphatic rings. The monoisotopic (exact) mass is 251 g/mol. The van der Waals surface area contributed by atoms with Gasteiger partial charge in [0.25, 0.3) is 0 Å². The maximum atomic E-state index is 11.4. The smallest absolute Gasteiger partial charge is 0.407 e. The number of amides is 1. The highest BCUT2D eigenvalue weighted by atomic mass is 16.6. The largest absolute Gasteiger partial charge is 0.444 e. The van der Waals surface area contributed by atoms with Crippen LogP contribution in [0.25, 0.3) is 0 Å². The predicted molar refractivity (Wildman–Crippen MR) is 70.4 cm³/mol. The van der Waals surface area contributed by atoms with Gasteiger partial charge in [0.1, 0.15) is 5.60 Å². The van der Waals surface area contributed by atoms with Crippen LogP contribution in [-0.4, -0.2) is 29.4 Å². The number of alkyl carbamates (subject to hydrolysis) is 1. The van der Waals surface area contributed by atoms with E-state index >= 15 is 0 Å². The van der Waals surface area contributed by atoms with Gasteiger partial charge in [-0.1, -0.05) is 30.3 Å². The van der Waals surface area contributed by atoms with Gasteiger partial charge in [-0.05, 0) is 26.3 Å². The Morgan fingerprint density at radius 3 is 2.50 bits per heavy atom. The number of nitrogens with one attached hydrogen (secondary N) is 1. The molecule has 0 radical (unpaired) electrons. The molecule has 4 heteroatoms. The van der Waals surface area contributed by atoms with E-state index in [9.17, 15) is 9.90 Å². The second kappa shape index (κ2) is 6.40. The SMILES string of the molecule is CC(C)(C)OC(=O)NCC(O)Cc1ccccc1. The molecule has 0 heterocycles. The highest BCUT2D eigenvalue weighted by Gasteiger charge is 2.16. The van der Waals surface area contributed by atoms with Crippen LogP contribution in [0.5, 0.6) is 0 Å². The highest BCUT2D eigenvalue weighted by molar-refractivity contribution is 5.67. The summed E-state index contributed by atoms with van der Waals surface area (Å²) in [6.45, 7) is 5.58. The highest BCUT2D eigenvalue weighted by Crippen LogP contribution is 2.07. The quantitative estimate of drug-likeness (QED) is 0.861. The van der Waals surface area contributed by atoms with E-state index in [-0.39, 0.29) is 6.54 Å². The number of aliphatic hydroxyl groups is 1. The number of carbonyl (C=O) groups is 1. The van der Waals surface area contributed by atoms with E-state index in [1.54, 1.807) is 20.8 Å². The number of hydrogen-bond donors (Lipinski definition) is 2. The molecule has 0 aliphatic carbocycles. The van der Waals surface area contributed by atoms with Gasteiger partial charge in [0, 0.05) is 13.0 Å². The van der Waals surface area contributed by atoms with Gasteiger partial charge < -0.3 is 15.2 Å². The Morgan fingerprint density at radius 2 is 1.94 bits per heavy atom. The van der Waals surface area contributed by atoms with Gasteiger partial charge in [-0.15, -0.1) is 0 Å². The van der Waals surface area contributed by atoms with E-state index < -0.39 is 17.8 Å². The summed E-state index contributed by atoms with van der Waals surface area (Å²) in [6.07, 6.45) is -0.606. The molecule has 0 fully saturated rings. The third kappa shape index (κ3) is 6.25. The second-order valence-electron chi connectivity index (χ2n) is 5.23. The van der Waals surface area contributed by atoms with Crippen LogP contribution < -0.4 is 5.32 Å². The summed E-state index contributed by atoms with van der Waals surface area (Å²) >= 11 is 0. The first-order chi connectivity index (χ1) is 8.37. The Kier molecular flexibility index (Phi) is 5.16. The van der Waals surface area contributed by atoms with Crippen molar-refractivity contribution in [2.75, 3.05) is 6.54 Å².